The van der Waals surface area contributed by atoms with E-state index < -0.39 is 11.6 Å². The highest BCUT2D eigenvalue weighted by Crippen LogP contribution is 2.27. The van der Waals surface area contributed by atoms with Gasteiger partial charge in [-0.25, -0.2) is 8.78 Å². The van der Waals surface area contributed by atoms with Crippen LogP contribution >= 0.6 is 0 Å². The lowest BCUT2D eigenvalue weighted by molar-refractivity contribution is 0.623. The molecule has 2 nitrogen and oxygen atoms in total. The maximum atomic E-state index is 13.8. The molecule has 2 aromatic carbocycles. The summed E-state index contributed by atoms with van der Waals surface area (Å²) in [5.41, 5.74) is 7.22. The Bertz CT molecular complexity index is 658. The van der Waals surface area contributed by atoms with E-state index in [1.165, 1.54) is 18.2 Å². The average molecular weight is 258 g/mol. The quantitative estimate of drug-likeness (QED) is 0.895. The molecular weight excluding hydrogens is 246 g/mol. The summed E-state index contributed by atoms with van der Waals surface area (Å²) in [5.74, 6) is -1.04. The van der Waals surface area contributed by atoms with Crippen molar-refractivity contribution >= 4 is 0 Å². The normalized spacial score (nSPS) is 11.9. The fourth-order valence-corrected chi connectivity index (χ4v) is 1.86. The van der Waals surface area contributed by atoms with Gasteiger partial charge in [-0.15, -0.1) is 0 Å². The van der Waals surface area contributed by atoms with Gasteiger partial charge in [-0.05, 0) is 48.4 Å². The molecule has 4 heteroatoms. The molecule has 96 valence electrons. The van der Waals surface area contributed by atoms with Gasteiger partial charge in [0.1, 0.15) is 11.6 Å². The van der Waals surface area contributed by atoms with Crippen molar-refractivity contribution in [2.24, 2.45) is 5.73 Å². The Morgan fingerprint density at radius 2 is 1.89 bits per heavy atom. The number of nitriles is 1. The highest BCUT2D eigenvalue weighted by Gasteiger charge is 2.10. The van der Waals surface area contributed by atoms with Gasteiger partial charge in [0.05, 0.1) is 11.6 Å². The minimum atomic E-state index is -0.570. The molecule has 0 aliphatic rings. The monoisotopic (exact) mass is 258 g/mol. The molecule has 1 unspecified atom stereocenters. The first-order chi connectivity index (χ1) is 9.01. The van der Waals surface area contributed by atoms with Gasteiger partial charge in [0.25, 0.3) is 0 Å². The third-order valence-corrected chi connectivity index (χ3v) is 2.85. The molecule has 0 fully saturated rings. The zero-order valence-corrected chi connectivity index (χ0v) is 10.3. The standard InChI is InChI=1S/C15H12F2N2/c1-9(19)11-2-3-15(17)14(7-11)12-4-10(8-18)5-13(16)6-12/h2-7,9H,19H2,1H3. The van der Waals surface area contributed by atoms with Gasteiger partial charge in [-0.3, -0.25) is 0 Å². The third kappa shape index (κ3) is 2.78. The molecular formula is C15H12F2N2. The van der Waals surface area contributed by atoms with Crippen molar-refractivity contribution in [2.75, 3.05) is 0 Å². The second-order valence-corrected chi connectivity index (χ2v) is 4.37. The highest BCUT2D eigenvalue weighted by molar-refractivity contribution is 5.67. The van der Waals surface area contributed by atoms with E-state index in [9.17, 15) is 8.78 Å². The molecule has 0 aliphatic carbocycles. The average Bonchev–Trinajstić information content (AvgIpc) is 2.38. The van der Waals surface area contributed by atoms with Crippen LogP contribution in [0.15, 0.2) is 36.4 Å². The van der Waals surface area contributed by atoms with E-state index in [-0.39, 0.29) is 17.2 Å². The smallest absolute Gasteiger partial charge is 0.131 e. The van der Waals surface area contributed by atoms with E-state index in [1.807, 2.05) is 6.07 Å². The lowest BCUT2D eigenvalue weighted by Gasteiger charge is -2.10. The number of halogens is 2. The molecule has 0 amide bonds. The van der Waals surface area contributed by atoms with E-state index in [1.54, 1.807) is 19.1 Å². The molecule has 0 saturated heterocycles. The van der Waals surface area contributed by atoms with E-state index in [2.05, 4.69) is 0 Å². The third-order valence-electron chi connectivity index (χ3n) is 2.85. The Morgan fingerprint density at radius 1 is 1.16 bits per heavy atom. The maximum Gasteiger partial charge on any atom is 0.131 e. The number of benzene rings is 2. The Balaban J connectivity index is 2.61. The zero-order chi connectivity index (χ0) is 14.0. The van der Waals surface area contributed by atoms with Crippen molar-refractivity contribution in [2.45, 2.75) is 13.0 Å². The molecule has 2 rings (SSSR count). The summed E-state index contributed by atoms with van der Waals surface area (Å²) >= 11 is 0. The Labute approximate surface area is 110 Å². The van der Waals surface area contributed by atoms with Crippen molar-refractivity contribution in [1.29, 1.82) is 5.26 Å². The molecule has 19 heavy (non-hydrogen) atoms. The minimum absolute atomic E-state index is 0.153. The van der Waals surface area contributed by atoms with Gasteiger partial charge in [-0.2, -0.15) is 5.26 Å². The topological polar surface area (TPSA) is 49.8 Å². The van der Waals surface area contributed by atoms with Gasteiger partial charge in [0, 0.05) is 11.6 Å². The van der Waals surface area contributed by atoms with Crippen molar-refractivity contribution in [3.05, 3.63) is 59.2 Å². The molecule has 0 spiro atoms. The van der Waals surface area contributed by atoms with Gasteiger partial charge in [-0.1, -0.05) is 6.07 Å². The molecule has 0 radical (unpaired) electrons. The summed E-state index contributed by atoms with van der Waals surface area (Å²) in [4.78, 5) is 0. The first-order valence-corrected chi connectivity index (χ1v) is 5.77. The summed E-state index contributed by atoms with van der Waals surface area (Å²) in [6.07, 6.45) is 0. The zero-order valence-electron chi connectivity index (χ0n) is 10.3. The predicted molar refractivity (Wildman–Crippen MR) is 69.1 cm³/mol. The van der Waals surface area contributed by atoms with E-state index >= 15 is 0 Å². The summed E-state index contributed by atoms with van der Waals surface area (Å²) in [6, 6.07) is 9.83. The largest absolute Gasteiger partial charge is 0.324 e. The Morgan fingerprint density at radius 3 is 2.53 bits per heavy atom. The predicted octanol–water partition coefficient (Wildman–Crippen LogP) is 3.52. The van der Waals surface area contributed by atoms with Crippen LogP contribution in [-0.2, 0) is 0 Å². The van der Waals surface area contributed by atoms with Crippen LogP contribution in [0.5, 0.6) is 0 Å². The van der Waals surface area contributed by atoms with Gasteiger partial charge in [0.15, 0.2) is 0 Å². The summed E-state index contributed by atoms with van der Waals surface area (Å²) in [5, 5.41) is 8.82. The van der Waals surface area contributed by atoms with E-state index in [0.717, 1.165) is 11.6 Å². The first-order valence-electron chi connectivity index (χ1n) is 5.77. The van der Waals surface area contributed by atoms with Crippen molar-refractivity contribution < 1.29 is 8.78 Å². The lowest BCUT2D eigenvalue weighted by atomic mass is 9.98. The number of hydrogen-bond acceptors (Lipinski definition) is 2. The molecule has 2 aromatic rings. The van der Waals surface area contributed by atoms with Crippen LogP contribution in [0.25, 0.3) is 11.1 Å². The van der Waals surface area contributed by atoms with Crippen LogP contribution in [0.4, 0.5) is 8.78 Å². The van der Waals surface area contributed by atoms with E-state index in [4.69, 9.17) is 11.0 Å². The SMILES string of the molecule is CC(N)c1ccc(F)c(-c2cc(F)cc(C#N)c2)c1. The maximum absolute atomic E-state index is 13.8. The summed E-state index contributed by atoms with van der Waals surface area (Å²) < 4.78 is 27.2. The van der Waals surface area contributed by atoms with Crippen molar-refractivity contribution in [1.82, 2.24) is 0 Å². The first kappa shape index (κ1) is 13.2. The fraction of sp³-hybridized carbons (Fsp3) is 0.133. The second kappa shape index (κ2) is 5.17. The molecule has 0 bridgehead atoms. The molecule has 0 aliphatic heterocycles. The van der Waals surface area contributed by atoms with Crippen LogP contribution in [0.1, 0.15) is 24.1 Å². The van der Waals surface area contributed by atoms with Crippen molar-refractivity contribution in [3.8, 4) is 17.2 Å². The lowest BCUT2D eigenvalue weighted by Crippen LogP contribution is -2.05. The number of nitrogens with zero attached hydrogens (tertiary/aromatic N) is 1. The molecule has 1 atom stereocenters. The number of hydrogen-bond donors (Lipinski definition) is 1. The Hall–Kier alpha value is -2.25. The van der Waals surface area contributed by atoms with Gasteiger partial charge >= 0.3 is 0 Å². The van der Waals surface area contributed by atoms with Gasteiger partial charge < -0.3 is 5.73 Å². The van der Waals surface area contributed by atoms with Crippen LogP contribution in [0.3, 0.4) is 0 Å². The second-order valence-electron chi connectivity index (χ2n) is 4.37. The highest BCUT2D eigenvalue weighted by atomic mass is 19.1. The van der Waals surface area contributed by atoms with Crippen LogP contribution < -0.4 is 5.73 Å². The van der Waals surface area contributed by atoms with Crippen LogP contribution in [-0.4, -0.2) is 0 Å². The fourth-order valence-electron chi connectivity index (χ4n) is 1.86. The Kier molecular flexibility index (Phi) is 3.59. The molecule has 0 heterocycles. The van der Waals surface area contributed by atoms with Crippen molar-refractivity contribution in [3.63, 3.8) is 0 Å². The molecule has 0 saturated carbocycles. The number of rotatable bonds is 2. The number of nitrogens with two attached hydrogens (primary N) is 1. The molecule has 0 aromatic heterocycles. The van der Waals surface area contributed by atoms with E-state index in [0.29, 0.717) is 5.56 Å². The summed E-state index contributed by atoms with van der Waals surface area (Å²) in [7, 11) is 0. The van der Waals surface area contributed by atoms with Crippen LogP contribution in [0.2, 0.25) is 0 Å². The molecule has 2 N–H and O–H groups in total. The van der Waals surface area contributed by atoms with Gasteiger partial charge in [0.2, 0.25) is 0 Å². The summed E-state index contributed by atoms with van der Waals surface area (Å²) in [6.45, 7) is 1.78. The minimum Gasteiger partial charge on any atom is -0.324 e. The van der Waals surface area contributed by atoms with Crippen LogP contribution in [0, 0.1) is 23.0 Å².